The Balaban J connectivity index is 1.40. The van der Waals surface area contributed by atoms with Crippen molar-refractivity contribution in [2.75, 3.05) is 7.11 Å². The van der Waals surface area contributed by atoms with Gasteiger partial charge in [0.05, 0.1) is 12.5 Å². The number of hydrogen-bond donors (Lipinski definition) is 1. The van der Waals surface area contributed by atoms with E-state index in [0.29, 0.717) is 18.4 Å². The number of methoxy groups -OCH3 is 1. The molecule has 4 aliphatic rings. The Labute approximate surface area is 166 Å². The minimum absolute atomic E-state index is 0.155. The highest BCUT2D eigenvalue weighted by molar-refractivity contribution is 5.83. The third-order valence-electron chi connectivity index (χ3n) is 7.42. The van der Waals surface area contributed by atoms with Gasteiger partial charge >= 0.3 is 0 Å². The summed E-state index contributed by atoms with van der Waals surface area (Å²) in [7, 11) is 1.71. The van der Waals surface area contributed by atoms with Crippen LogP contribution >= 0.6 is 0 Å². The summed E-state index contributed by atoms with van der Waals surface area (Å²) in [5.41, 5.74) is 2.41. The maximum atomic E-state index is 13.4. The minimum Gasteiger partial charge on any atom is -0.497 e. The first-order valence-electron chi connectivity index (χ1n) is 10.4. The second-order valence-corrected chi connectivity index (χ2v) is 9.29. The van der Waals surface area contributed by atoms with E-state index in [1.54, 1.807) is 13.3 Å². The van der Waals surface area contributed by atoms with Gasteiger partial charge in [-0.3, -0.25) is 9.78 Å². The van der Waals surface area contributed by atoms with Gasteiger partial charge in [0.25, 0.3) is 0 Å². The maximum Gasteiger partial charge on any atom is 0.226 e. The predicted molar refractivity (Wildman–Crippen MR) is 108 cm³/mol. The summed E-state index contributed by atoms with van der Waals surface area (Å²) < 4.78 is 5.35. The summed E-state index contributed by atoms with van der Waals surface area (Å²) in [6.45, 7) is 0.569. The fourth-order valence-corrected chi connectivity index (χ4v) is 6.68. The van der Waals surface area contributed by atoms with E-state index in [9.17, 15) is 4.79 Å². The van der Waals surface area contributed by atoms with Crippen LogP contribution in [-0.2, 0) is 16.8 Å². The number of nitrogens with zero attached hydrogens (tertiary/aromatic N) is 1. The van der Waals surface area contributed by atoms with Crippen LogP contribution in [0.3, 0.4) is 0 Å². The van der Waals surface area contributed by atoms with Crippen LogP contribution in [-0.4, -0.2) is 18.0 Å². The van der Waals surface area contributed by atoms with Gasteiger partial charge in [-0.05, 0) is 85.1 Å². The number of rotatable bonds is 5. The molecule has 28 heavy (non-hydrogen) atoms. The monoisotopic (exact) mass is 376 g/mol. The quantitative estimate of drug-likeness (QED) is 0.849. The molecule has 1 amide bonds. The molecule has 0 saturated heterocycles. The van der Waals surface area contributed by atoms with Crippen LogP contribution < -0.4 is 10.1 Å². The van der Waals surface area contributed by atoms with Crippen LogP contribution in [0.5, 0.6) is 5.75 Å². The smallest absolute Gasteiger partial charge is 0.226 e. The van der Waals surface area contributed by atoms with Crippen molar-refractivity contribution in [2.24, 2.45) is 17.3 Å². The van der Waals surface area contributed by atoms with Crippen molar-refractivity contribution in [3.05, 3.63) is 59.9 Å². The molecule has 2 unspecified atom stereocenters. The molecule has 0 spiro atoms. The second-order valence-electron chi connectivity index (χ2n) is 9.29. The standard InChI is InChI=1S/C24H28N2O2/c1-28-21-6-4-20(5-7-21)23-10-18-9-19(11-23)13-24(12-18,16-23)22(27)26-15-17-3-2-8-25-14-17/h2-8,14,18-19H,9-13,15-16H2,1H3,(H,26,27). The Kier molecular flexibility index (Phi) is 4.18. The molecule has 2 atom stereocenters. The highest BCUT2D eigenvalue weighted by Gasteiger charge is 2.60. The van der Waals surface area contributed by atoms with E-state index < -0.39 is 0 Å². The topological polar surface area (TPSA) is 51.2 Å². The first-order chi connectivity index (χ1) is 13.6. The van der Waals surface area contributed by atoms with E-state index in [2.05, 4.69) is 34.6 Å². The number of benzene rings is 1. The Hall–Kier alpha value is -2.36. The fraction of sp³-hybridized carbons (Fsp3) is 0.500. The van der Waals surface area contributed by atoms with Crippen molar-refractivity contribution >= 4 is 5.91 Å². The fourth-order valence-electron chi connectivity index (χ4n) is 6.68. The molecule has 2 aromatic rings. The van der Waals surface area contributed by atoms with Crippen LogP contribution in [0.4, 0.5) is 0 Å². The number of carbonyl (C=O) groups excluding carboxylic acids is 1. The van der Waals surface area contributed by atoms with Gasteiger partial charge < -0.3 is 10.1 Å². The summed E-state index contributed by atoms with van der Waals surface area (Å²) in [4.78, 5) is 17.6. The normalized spacial score (nSPS) is 32.9. The van der Waals surface area contributed by atoms with E-state index in [-0.39, 0.29) is 16.7 Å². The predicted octanol–water partition coefficient (Wildman–Crippen LogP) is 4.24. The second kappa shape index (κ2) is 6.61. The molecule has 1 aromatic carbocycles. The van der Waals surface area contributed by atoms with Crippen LogP contribution in [0.1, 0.15) is 49.7 Å². The molecular weight excluding hydrogens is 348 g/mol. The SMILES string of the molecule is COc1ccc(C23CC4CC(CC(C(=O)NCc5cccnc5)(C4)C2)C3)cc1. The van der Waals surface area contributed by atoms with E-state index >= 15 is 0 Å². The van der Waals surface area contributed by atoms with Gasteiger partial charge in [0.15, 0.2) is 0 Å². The lowest BCUT2D eigenvalue weighted by molar-refractivity contribution is -0.149. The van der Waals surface area contributed by atoms with Crippen LogP contribution in [0.25, 0.3) is 0 Å². The number of ether oxygens (including phenoxy) is 1. The number of carbonyl (C=O) groups is 1. The molecule has 1 aromatic heterocycles. The number of pyridine rings is 1. The summed E-state index contributed by atoms with van der Waals surface area (Å²) in [6, 6.07) is 12.5. The average molecular weight is 377 g/mol. The van der Waals surface area contributed by atoms with E-state index in [4.69, 9.17) is 4.74 Å². The summed E-state index contributed by atoms with van der Waals surface area (Å²) in [6.07, 6.45) is 10.5. The van der Waals surface area contributed by atoms with Crippen molar-refractivity contribution in [3.8, 4) is 5.75 Å². The van der Waals surface area contributed by atoms with Crippen molar-refractivity contribution < 1.29 is 9.53 Å². The van der Waals surface area contributed by atoms with Crippen LogP contribution in [0, 0.1) is 17.3 Å². The highest BCUT2D eigenvalue weighted by atomic mass is 16.5. The van der Waals surface area contributed by atoms with E-state index in [1.165, 1.54) is 24.8 Å². The molecule has 4 saturated carbocycles. The van der Waals surface area contributed by atoms with Gasteiger partial charge in [-0.15, -0.1) is 0 Å². The number of nitrogens with one attached hydrogen (secondary N) is 1. The van der Waals surface area contributed by atoms with Gasteiger partial charge in [-0.25, -0.2) is 0 Å². The number of hydrogen-bond acceptors (Lipinski definition) is 3. The Morgan fingerprint density at radius 3 is 2.54 bits per heavy atom. The molecule has 4 nitrogen and oxygen atoms in total. The van der Waals surface area contributed by atoms with Crippen molar-refractivity contribution in [1.29, 1.82) is 0 Å². The van der Waals surface area contributed by atoms with Gasteiger partial charge in [0, 0.05) is 18.9 Å². The first kappa shape index (κ1) is 17.7. The van der Waals surface area contributed by atoms with Crippen molar-refractivity contribution in [3.63, 3.8) is 0 Å². The Morgan fingerprint density at radius 1 is 1.14 bits per heavy atom. The molecule has 0 radical (unpaired) electrons. The maximum absolute atomic E-state index is 13.4. The molecule has 4 heteroatoms. The zero-order chi connectivity index (χ0) is 19.2. The zero-order valence-electron chi connectivity index (χ0n) is 16.5. The molecule has 0 aliphatic heterocycles. The molecule has 4 fully saturated rings. The highest BCUT2D eigenvalue weighted by Crippen LogP contribution is 2.65. The third kappa shape index (κ3) is 2.90. The van der Waals surface area contributed by atoms with Crippen molar-refractivity contribution in [2.45, 2.75) is 50.5 Å². The summed E-state index contributed by atoms with van der Waals surface area (Å²) >= 11 is 0. The average Bonchev–Trinajstić information content (AvgIpc) is 2.72. The van der Waals surface area contributed by atoms with Gasteiger partial charge in [0.1, 0.15) is 5.75 Å². The molecule has 4 bridgehead atoms. The lowest BCUT2D eigenvalue weighted by Gasteiger charge is -2.61. The van der Waals surface area contributed by atoms with Crippen LogP contribution in [0.2, 0.25) is 0 Å². The lowest BCUT2D eigenvalue weighted by atomic mass is 9.42. The molecule has 6 rings (SSSR count). The van der Waals surface area contributed by atoms with E-state index in [1.807, 2.05) is 18.3 Å². The molecule has 1 heterocycles. The van der Waals surface area contributed by atoms with Gasteiger partial charge in [-0.2, -0.15) is 0 Å². The van der Waals surface area contributed by atoms with Gasteiger partial charge in [-0.1, -0.05) is 18.2 Å². The van der Waals surface area contributed by atoms with Crippen molar-refractivity contribution in [1.82, 2.24) is 10.3 Å². The molecule has 4 aliphatic carbocycles. The van der Waals surface area contributed by atoms with E-state index in [0.717, 1.165) is 30.6 Å². The lowest BCUT2D eigenvalue weighted by Crippen LogP contribution is -2.59. The molecular formula is C24H28N2O2. The summed E-state index contributed by atoms with van der Waals surface area (Å²) in [5, 5.41) is 3.24. The third-order valence-corrected chi connectivity index (χ3v) is 7.42. The number of amides is 1. The summed E-state index contributed by atoms with van der Waals surface area (Å²) in [5.74, 6) is 2.50. The zero-order valence-corrected chi connectivity index (χ0v) is 16.5. The number of aromatic nitrogens is 1. The van der Waals surface area contributed by atoms with Crippen LogP contribution in [0.15, 0.2) is 48.8 Å². The molecule has 1 N–H and O–H groups in total. The minimum atomic E-state index is -0.202. The molecule has 146 valence electrons. The van der Waals surface area contributed by atoms with Gasteiger partial charge in [0.2, 0.25) is 5.91 Å². The Bertz CT molecular complexity index is 848. The Morgan fingerprint density at radius 2 is 1.89 bits per heavy atom. The largest absolute Gasteiger partial charge is 0.497 e. The first-order valence-corrected chi connectivity index (χ1v) is 10.4.